The topological polar surface area (TPSA) is 93.5 Å². The Balaban J connectivity index is 1.61. The van der Waals surface area contributed by atoms with Gasteiger partial charge in [0, 0.05) is 25.3 Å². The molecule has 182 valence electrons. The van der Waals surface area contributed by atoms with Gasteiger partial charge in [-0.3, -0.25) is 9.69 Å². The van der Waals surface area contributed by atoms with Gasteiger partial charge in [-0.25, -0.2) is 13.1 Å². The second kappa shape index (κ2) is 11.6. The van der Waals surface area contributed by atoms with E-state index in [4.69, 9.17) is 5.26 Å². The highest BCUT2D eigenvalue weighted by molar-refractivity contribution is 7.89. The van der Waals surface area contributed by atoms with E-state index in [1.807, 2.05) is 32.9 Å². The third-order valence-corrected chi connectivity index (χ3v) is 7.56. The van der Waals surface area contributed by atoms with Gasteiger partial charge >= 0.3 is 0 Å². The van der Waals surface area contributed by atoms with Crippen molar-refractivity contribution in [2.45, 2.75) is 44.9 Å². The maximum absolute atomic E-state index is 13.2. The minimum atomic E-state index is -3.56. The van der Waals surface area contributed by atoms with Crippen molar-refractivity contribution < 1.29 is 13.2 Å². The predicted octanol–water partition coefficient (Wildman–Crippen LogP) is 3.55. The zero-order valence-corrected chi connectivity index (χ0v) is 21.1. The molecule has 1 atom stereocenters. The van der Waals surface area contributed by atoms with E-state index in [1.54, 1.807) is 29.2 Å². The van der Waals surface area contributed by atoms with Crippen LogP contribution in [0.25, 0.3) is 0 Å². The lowest BCUT2D eigenvalue weighted by atomic mass is 9.98. The fourth-order valence-electron chi connectivity index (χ4n) is 4.43. The summed E-state index contributed by atoms with van der Waals surface area (Å²) >= 11 is 0. The highest BCUT2D eigenvalue weighted by atomic mass is 32.2. The number of nitrogens with one attached hydrogen (secondary N) is 1. The van der Waals surface area contributed by atoms with Gasteiger partial charge in [-0.2, -0.15) is 5.26 Å². The number of anilines is 1. The van der Waals surface area contributed by atoms with Crippen LogP contribution in [0.15, 0.2) is 47.4 Å². The van der Waals surface area contributed by atoms with Gasteiger partial charge in [0.1, 0.15) is 0 Å². The summed E-state index contributed by atoms with van der Waals surface area (Å²) < 4.78 is 28.0. The number of benzene rings is 2. The number of rotatable bonds is 9. The number of piperidine rings is 1. The zero-order valence-electron chi connectivity index (χ0n) is 20.3. The van der Waals surface area contributed by atoms with Gasteiger partial charge < -0.3 is 4.90 Å². The largest absolute Gasteiger partial charge is 0.310 e. The van der Waals surface area contributed by atoms with Crippen molar-refractivity contribution in [2.24, 2.45) is 5.92 Å². The van der Waals surface area contributed by atoms with Crippen LogP contribution in [0.3, 0.4) is 0 Å². The molecule has 2 aromatic carbocycles. The Morgan fingerprint density at radius 2 is 1.79 bits per heavy atom. The molecule has 1 heterocycles. The normalized spacial score (nSPS) is 16.7. The summed E-state index contributed by atoms with van der Waals surface area (Å²) in [5.41, 5.74) is 3.97. The Morgan fingerprint density at radius 3 is 2.44 bits per heavy atom. The zero-order chi connectivity index (χ0) is 24.7. The maximum Gasteiger partial charge on any atom is 0.241 e. The summed E-state index contributed by atoms with van der Waals surface area (Å²) in [4.78, 5) is 17.3. The molecule has 0 radical (unpaired) electrons. The van der Waals surface area contributed by atoms with Crippen molar-refractivity contribution in [1.82, 2.24) is 9.62 Å². The average molecular weight is 483 g/mol. The van der Waals surface area contributed by atoms with Crippen molar-refractivity contribution in [2.75, 3.05) is 37.6 Å². The van der Waals surface area contributed by atoms with Crippen molar-refractivity contribution in [3.63, 3.8) is 0 Å². The Morgan fingerprint density at radius 1 is 1.12 bits per heavy atom. The standard InChI is InChI=1S/C26H34N4O3S/c1-20-7-9-25(10-8-20)34(32,33)28-17-23-6-4-12-29(18-23)19-26(31)30(13-5-11-27)24-15-21(2)14-22(3)16-24/h7-10,14-16,23,28H,4-6,12-13,17-19H2,1-3H3. The van der Waals surface area contributed by atoms with Crippen LogP contribution in [0.2, 0.25) is 0 Å². The van der Waals surface area contributed by atoms with E-state index in [0.717, 1.165) is 41.8 Å². The molecule has 1 aliphatic heterocycles. The Bertz CT molecular complexity index is 1120. The summed E-state index contributed by atoms with van der Waals surface area (Å²) in [6, 6.07) is 15.0. The minimum absolute atomic E-state index is 0.0406. The molecule has 7 nitrogen and oxygen atoms in total. The third-order valence-electron chi connectivity index (χ3n) is 6.12. The molecule has 1 amide bonds. The molecule has 1 saturated heterocycles. The lowest BCUT2D eigenvalue weighted by Crippen LogP contribution is -2.46. The van der Waals surface area contributed by atoms with Crippen LogP contribution in [0.5, 0.6) is 0 Å². The van der Waals surface area contributed by atoms with Crippen LogP contribution in [-0.2, 0) is 14.8 Å². The number of sulfonamides is 1. The smallest absolute Gasteiger partial charge is 0.241 e. The lowest BCUT2D eigenvalue weighted by molar-refractivity contribution is -0.120. The van der Waals surface area contributed by atoms with E-state index < -0.39 is 10.0 Å². The molecular formula is C26H34N4O3S. The second-order valence-electron chi connectivity index (χ2n) is 9.21. The number of hydrogen-bond donors (Lipinski definition) is 1. The van der Waals surface area contributed by atoms with Crippen molar-refractivity contribution >= 4 is 21.6 Å². The third kappa shape index (κ3) is 7.13. The first-order valence-corrected chi connectivity index (χ1v) is 13.2. The van der Waals surface area contributed by atoms with Crippen LogP contribution in [0, 0.1) is 38.0 Å². The molecule has 1 N–H and O–H groups in total. The van der Waals surface area contributed by atoms with E-state index in [9.17, 15) is 13.2 Å². The van der Waals surface area contributed by atoms with Gasteiger partial charge in [0.15, 0.2) is 0 Å². The fraction of sp³-hybridized carbons (Fsp3) is 0.462. The Labute approximate surface area is 203 Å². The molecule has 0 saturated carbocycles. The summed E-state index contributed by atoms with van der Waals surface area (Å²) in [6.07, 6.45) is 2.09. The first-order valence-electron chi connectivity index (χ1n) is 11.7. The molecule has 2 aromatic rings. The molecule has 0 spiro atoms. The molecule has 0 aliphatic carbocycles. The number of nitriles is 1. The summed E-state index contributed by atoms with van der Waals surface area (Å²) in [5.74, 6) is 0.0942. The number of carbonyl (C=O) groups excluding carboxylic acids is 1. The average Bonchev–Trinajstić information content (AvgIpc) is 2.78. The molecular weight excluding hydrogens is 448 g/mol. The van der Waals surface area contributed by atoms with E-state index in [2.05, 4.69) is 21.8 Å². The maximum atomic E-state index is 13.2. The van der Waals surface area contributed by atoms with Gasteiger partial charge in [0.05, 0.1) is 23.9 Å². The van der Waals surface area contributed by atoms with E-state index in [-0.39, 0.29) is 29.7 Å². The highest BCUT2D eigenvalue weighted by Gasteiger charge is 2.26. The Kier molecular flexibility index (Phi) is 8.84. The van der Waals surface area contributed by atoms with Gasteiger partial charge in [-0.1, -0.05) is 23.8 Å². The number of hydrogen-bond acceptors (Lipinski definition) is 5. The van der Waals surface area contributed by atoms with Gasteiger partial charge in [-0.05, 0) is 81.5 Å². The van der Waals surface area contributed by atoms with Crippen LogP contribution >= 0.6 is 0 Å². The molecule has 1 unspecified atom stereocenters. The number of carbonyl (C=O) groups is 1. The van der Waals surface area contributed by atoms with Crippen LogP contribution < -0.4 is 9.62 Å². The number of likely N-dealkylation sites (tertiary alicyclic amines) is 1. The molecule has 1 aliphatic rings. The summed E-state index contributed by atoms with van der Waals surface area (Å²) in [7, 11) is -3.56. The van der Waals surface area contributed by atoms with E-state index in [1.165, 1.54) is 0 Å². The minimum Gasteiger partial charge on any atom is -0.310 e. The van der Waals surface area contributed by atoms with Gasteiger partial charge in [-0.15, -0.1) is 0 Å². The number of nitrogens with zero attached hydrogens (tertiary/aromatic N) is 3. The van der Waals surface area contributed by atoms with Gasteiger partial charge in [0.2, 0.25) is 15.9 Å². The highest BCUT2D eigenvalue weighted by Crippen LogP contribution is 2.21. The summed E-state index contributed by atoms with van der Waals surface area (Å²) in [6.45, 7) is 8.31. The fourth-order valence-corrected chi connectivity index (χ4v) is 5.55. The first kappa shape index (κ1) is 25.9. The molecule has 1 fully saturated rings. The second-order valence-corrected chi connectivity index (χ2v) is 11.0. The molecule has 3 rings (SSSR count). The van der Waals surface area contributed by atoms with Crippen molar-refractivity contribution in [3.8, 4) is 6.07 Å². The molecule has 0 bridgehead atoms. The van der Waals surface area contributed by atoms with Crippen LogP contribution in [-0.4, -0.2) is 51.9 Å². The quantitative estimate of drug-likeness (QED) is 0.590. The van der Waals surface area contributed by atoms with E-state index in [0.29, 0.717) is 19.6 Å². The molecule has 0 aromatic heterocycles. The van der Waals surface area contributed by atoms with Gasteiger partial charge in [0.25, 0.3) is 0 Å². The molecule has 8 heteroatoms. The molecule has 34 heavy (non-hydrogen) atoms. The lowest BCUT2D eigenvalue weighted by Gasteiger charge is -2.34. The SMILES string of the molecule is Cc1ccc(S(=O)(=O)NCC2CCCN(CC(=O)N(CCC#N)c3cc(C)cc(C)c3)C2)cc1. The summed E-state index contributed by atoms with van der Waals surface area (Å²) in [5, 5.41) is 9.08. The van der Waals surface area contributed by atoms with Crippen LogP contribution in [0.1, 0.15) is 36.0 Å². The van der Waals surface area contributed by atoms with E-state index >= 15 is 0 Å². The number of amides is 1. The van der Waals surface area contributed by atoms with Crippen molar-refractivity contribution in [1.29, 1.82) is 5.26 Å². The first-order chi connectivity index (χ1) is 16.2. The van der Waals surface area contributed by atoms with Crippen LogP contribution in [0.4, 0.5) is 5.69 Å². The monoisotopic (exact) mass is 482 g/mol. The Hall–Kier alpha value is -2.73. The predicted molar refractivity (Wildman–Crippen MR) is 134 cm³/mol. The van der Waals surface area contributed by atoms with Crippen molar-refractivity contribution in [3.05, 3.63) is 59.2 Å². The number of aryl methyl sites for hydroxylation is 3.